The van der Waals surface area contributed by atoms with Crippen LogP contribution in [0.3, 0.4) is 0 Å². The van der Waals surface area contributed by atoms with Crippen molar-refractivity contribution >= 4 is 5.97 Å². The molecule has 4 heteroatoms. The first kappa shape index (κ1) is 13.4. The van der Waals surface area contributed by atoms with E-state index in [9.17, 15) is 4.79 Å². The molecule has 0 fully saturated rings. The van der Waals surface area contributed by atoms with Gasteiger partial charge >= 0.3 is 5.97 Å². The lowest BCUT2D eigenvalue weighted by Crippen LogP contribution is -2.38. The van der Waals surface area contributed by atoms with Crippen LogP contribution in [0.5, 0.6) is 0 Å². The van der Waals surface area contributed by atoms with Crippen molar-refractivity contribution in [2.24, 2.45) is 0 Å². The number of aliphatic hydroxyl groups excluding tert-OH is 1. The van der Waals surface area contributed by atoms with Crippen LogP contribution in [0.25, 0.3) is 0 Å². The molecule has 2 N–H and O–H groups in total. The van der Waals surface area contributed by atoms with Gasteiger partial charge in [0.1, 0.15) is 5.60 Å². The summed E-state index contributed by atoms with van der Waals surface area (Å²) in [6, 6.07) is -0.0254. The van der Waals surface area contributed by atoms with Crippen molar-refractivity contribution < 1.29 is 14.6 Å². The normalized spacial score (nSPS) is 13.8. The third-order valence-electron chi connectivity index (χ3n) is 1.67. The van der Waals surface area contributed by atoms with Crippen LogP contribution in [0.2, 0.25) is 0 Å². The zero-order chi connectivity index (χ0) is 11.2. The summed E-state index contributed by atoms with van der Waals surface area (Å²) in [7, 11) is 0. The van der Waals surface area contributed by atoms with Crippen molar-refractivity contribution in [3.63, 3.8) is 0 Å². The average molecular weight is 203 g/mol. The van der Waals surface area contributed by atoms with Gasteiger partial charge in [-0.15, -0.1) is 0 Å². The van der Waals surface area contributed by atoms with Crippen molar-refractivity contribution in [2.45, 2.75) is 45.8 Å². The van der Waals surface area contributed by atoms with Crippen LogP contribution in [0, 0.1) is 0 Å². The van der Waals surface area contributed by atoms with Gasteiger partial charge in [-0.2, -0.15) is 0 Å². The number of carbonyl (C=O) groups is 1. The molecule has 0 spiro atoms. The van der Waals surface area contributed by atoms with Crippen LogP contribution in [-0.4, -0.2) is 35.9 Å². The number of hydrogen-bond acceptors (Lipinski definition) is 4. The van der Waals surface area contributed by atoms with Crippen LogP contribution in [0.15, 0.2) is 0 Å². The van der Waals surface area contributed by atoms with E-state index in [1.54, 1.807) is 0 Å². The molecular weight excluding hydrogens is 182 g/mol. The minimum absolute atomic E-state index is 0.0254. The number of ether oxygens (including phenoxy) is 1. The van der Waals surface area contributed by atoms with Crippen LogP contribution in [-0.2, 0) is 9.53 Å². The fourth-order valence-electron chi connectivity index (χ4n) is 0.943. The Bertz CT molecular complexity index is 171. The van der Waals surface area contributed by atoms with Crippen LogP contribution < -0.4 is 5.32 Å². The summed E-state index contributed by atoms with van der Waals surface area (Å²) in [6.07, 6.45) is 0.791. The summed E-state index contributed by atoms with van der Waals surface area (Å²) < 4.78 is 5.09. The van der Waals surface area contributed by atoms with Gasteiger partial charge in [0, 0.05) is 6.04 Å². The summed E-state index contributed by atoms with van der Waals surface area (Å²) in [5.74, 6) is -0.288. The highest BCUT2D eigenvalue weighted by molar-refractivity contribution is 5.72. The quantitative estimate of drug-likeness (QED) is 0.645. The number of nitrogens with one attached hydrogen (secondary N) is 1. The second-order valence-corrected chi connectivity index (χ2v) is 4.26. The number of esters is 1. The number of carbonyl (C=O) groups excluding carboxylic acids is 1. The molecule has 0 rings (SSSR count). The van der Waals surface area contributed by atoms with Crippen molar-refractivity contribution in [1.82, 2.24) is 5.32 Å². The fourth-order valence-corrected chi connectivity index (χ4v) is 0.943. The predicted molar refractivity (Wildman–Crippen MR) is 55.0 cm³/mol. The zero-order valence-corrected chi connectivity index (χ0v) is 9.46. The molecule has 0 heterocycles. The minimum Gasteiger partial charge on any atom is -0.459 e. The van der Waals surface area contributed by atoms with Gasteiger partial charge in [0.2, 0.25) is 0 Å². The van der Waals surface area contributed by atoms with Gasteiger partial charge in [0.05, 0.1) is 13.2 Å². The topological polar surface area (TPSA) is 58.6 Å². The third-order valence-corrected chi connectivity index (χ3v) is 1.67. The Morgan fingerprint density at radius 2 is 2.07 bits per heavy atom. The standard InChI is InChI=1S/C10H21NO3/c1-5-8(7-12)11-6-9(13)14-10(2,3)4/h8,11-12H,5-7H2,1-4H3. The summed E-state index contributed by atoms with van der Waals surface area (Å²) in [5.41, 5.74) is -0.445. The molecule has 84 valence electrons. The zero-order valence-electron chi connectivity index (χ0n) is 9.46. The Kier molecular flexibility index (Phi) is 5.72. The molecule has 1 atom stereocenters. The second-order valence-electron chi connectivity index (χ2n) is 4.26. The fraction of sp³-hybridized carbons (Fsp3) is 0.900. The van der Waals surface area contributed by atoms with E-state index in [0.29, 0.717) is 0 Å². The highest BCUT2D eigenvalue weighted by Gasteiger charge is 2.16. The molecule has 0 aliphatic carbocycles. The van der Waals surface area contributed by atoms with E-state index >= 15 is 0 Å². The Morgan fingerprint density at radius 1 is 1.50 bits per heavy atom. The van der Waals surface area contributed by atoms with Gasteiger partial charge in [-0.25, -0.2) is 0 Å². The number of rotatable bonds is 5. The molecule has 0 aliphatic heterocycles. The second kappa shape index (κ2) is 5.98. The van der Waals surface area contributed by atoms with Gasteiger partial charge in [0.15, 0.2) is 0 Å². The predicted octanol–water partition coefficient (Wildman–Crippen LogP) is 0.689. The molecule has 0 radical (unpaired) electrons. The molecule has 0 aromatic rings. The van der Waals surface area contributed by atoms with Crippen molar-refractivity contribution in [3.8, 4) is 0 Å². The molecule has 0 amide bonds. The molecule has 0 saturated carbocycles. The Labute approximate surface area is 85.6 Å². The smallest absolute Gasteiger partial charge is 0.320 e. The van der Waals surface area contributed by atoms with Gasteiger partial charge < -0.3 is 15.2 Å². The third kappa shape index (κ3) is 6.86. The van der Waals surface area contributed by atoms with Crippen LogP contribution >= 0.6 is 0 Å². The van der Waals surface area contributed by atoms with Crippen LogP contribution in [0.1, 0.15) is 34.1 Å². The SMILES string of the molecule is CCC(CO)NCC(=O)OC(C)(C)C. The minimum atomic E-state index is -0.445. The summed E-state index contributed by atoms with van der Waals surface area (Å²) >= 11 is 0. The summed E-state index contributed by atoms with van der Waals surface area (Å²) in [5, 5.41) is 11.8. The van der Waals surface area contributed by atoms with E-state index in [4.69, 9.17) is 9.84 Å². The molecule has 0 aromatic carbocycles. The van der Waals surface area contributed by atoms with E-state index in [2.05, 4.69) is 5.32 Å². The van der Waals surface area contributed by atoms with Crippen molar-refractivity contribution in [3.05, 3.63) is 0 Å². The van der Waals surface area contributed by atoms with Gasteiger partial charge in [-0.05, 0) is 27.2 Å². The van der Waals surface area contributed by atoms with Crippen molar-refractivity contribution in [2.75, 3.05) is 13.2 Å². The molecule has 1 unspecified atom stereocenters. The molecule has 14 heavy (non-hydrogen) atoms. The maximum absolute atomic E-state index is 11.2. The molecule has 0 bridgehead atoms. The summed E-state index contributed by atoms with van der Waals surface area (Å²) in [6.45, 7) is 7.62. The highest BCUT2D eigenvalue weighted by Crippen LogP contribution is 2.06. The maximum Gasteiger partial charge on any atom is 0.320 e. The number of aliphatic hydroxyl groups is 1. The monoisotopic (exact) mass is 203 g/mol. The largest absolute Gasteiger partial charge is 0.459 e. The first-order valence-electron chi connectivity index (χ1n) is 4.95. The van der Waals surface area contributed by atoms with Crippen LogP contribution in [0.4, 0.5) is 0 Å². The first-order chi connectivity index (χ1) is 6.39. The summed E-state index contributed by atoms with van der Waals surface area (Å²) in [4.78, 5) is 11.2. The van der Waals surface area contributed by atoms with Crippen molar-refractivity contribution in [1.29, 1.82) is 0 Å². The van der Waals surface area contributed by atoms with E-state index in [-0.39, 0.29) is 25.2 Å². The van der Waals surface area contributed by atoms with E-state index in [1.165, 1.54) is 0 Å². The van der Waals surface area contributed by atoms with E-state index in [1.807, 2.05) is 27.7 Å². The Balaban J connectivity index is 3.74. The molecule has 0 aliphatic rings. The van der Waals surface area contributed by atoms with E-state index in [0.717, 1.165) is 6.42 Å². The lowest BCUT2D eigenvalue weighted by atomic mass is 10.2. The lowest BCUT2D eigenvalue weighted by molar-refractivity contribution is -0.153. The highest BCUT2D eigenvalue weighted by atomic mass is 16.6. The first-order valence-corrected chi connectivity index (χ1v) is 4.95. The maximum atomic E-state index is 11.2. The lowest BCUT2D eigenvalue weighted by Gasteiger charge is -2.20. The van der Waals surface area contributed by atoms with E-state index < -0.39 is 5.60 Å². The number of hydrogen-bond donors (Lipinski definition) is 2. The molecular formula is C10H21NO3. The molecule has 0 saturated heterocycles. The molecule has 4 nitrogen and oxygen atoms in total. The van der Waals surface area contributed by atoms with Gasteiger partial charge in [0.25, 0.3) is 0 Å². The Hall–Kier alpha value is -0.610. The Morgan fingerprint density at radius 3 is 2.43 bits per heavy atom. The van der Waals surface area contributed by atoms with Gasteiger partial charge in [-0.1, -0.05) is 6.92 Å². The molecule has 0 aromatic heterocycles. The van der Waals surface area contributed by atoms with Gasteiger partial charge in [-0.3, -0.25) is 4.79 Å². The average Bonchev–Trinajstić information content (AvgIpc) is 2.03.